The Hall–Kier alpha value is -2.23. The number of aromatic hydroxyl groups is 1. The van der Waals surface area contributed by atoms with Gasteiger partial charge in [-0.2, -0.15) is 0 Å². The van der Waals surface area contributed by atoms with Crippen molar-refractivity contribution >= 4 is 5.91 Å². The van der Waals surface area contributed by atoms with Crippen LogP contribution in [-0.2, 0) is 6.54 Å². The summed E-state index contributed by atoms with van der Waals surface area (Å²) in [6, 6.07) is 9.87. The van der Waals surface area contributed by atoms with E-state index in [1.807, 2.05) is 19.1 Å². The van der Waals surface area contributed by atoms with Crippen LogP contribution >= 0.6 is 0 Å². The smallest absolute Gasteiger partial charge is 0.251 e. The van der Waals surface area contributed by atoms with E-state index in [0.29, 0.717) is 17.9 Å². The maximum atomic E-state index is 11.7. The van der Waals surface area contributed by atoms with Gasteiger partial charge in [0.15, 0.2) is 0 Å². The quantitative estimate of drug-likeness (QED) is 0.851. The number of aryl methyl sites for hydroxylation is 1. The Labute approximate surface area is 98.9 Å². The zero-order valence-corrected chi connectivity index (χ0v) is 9.43. The van der Waals surface area contributed by atoms with Crippen molar-refractivity contribution in [3.63, 3.8) is 0 Å². The van der Waals surface area contributed by atoms with Gasteiger partial charge in [-0.05, 0) is 37.3 Å². The fourth-order valence-electron chi connectivity index (χ4n) is 1.50. The van der Waals surface area contributed by atoms with Crippen LogP contribution in [0.4, 0.5) is 0 Å². The Bertz CT molecular complexity index is 531. The van der Waals surface area contributed by atoms with Crippen LogP contribution in [0.5, 0.6) is 5.75 Å². The summed E-state index contributed by atoms with van der Waals surface area (Å²) in [5, 5.41) is 12.0. The largest absolute Gasteiger partial charge is 0.508 e. The monoisotopic (exact) mass is 231 g/mol. The van der Waals surface area contributed by atoms with Crippen molar-refractivity contribution < 1.29 is 14.3 Å². The van der Waals surface area contributed by atoms with E-state index in [-0.39, 0.29) is 11.7 Å². The SMILES string of the molecule is Cc1ccc(CNC(=O)c2cccc(O)c2)o1. The molecular formula is C13H13NO3. The number of rotatable bonds is 3. The third-order valence-corrected chi connectivity index (χ3v) is 2.33. The lowest BCUT2D eigenvalue weighted by Crippen LogP contribution is -2.22. The maximum absolute atomic E-state index is 11.7. The molecule has 0 unspecified atom stereocenters. The van der Waals surface area contributed by atoms with Crippen LogP contribution in [0.2, 0.25) is 0 Å². The lowest BCUT2D eigenvalue weighted by Gasteiger charge is -2.03. The lowest BCUT2D eigenvalue weighted by molar-refractivity contribution is 0.0947. The van der Waals surface area contributed by atoms with Crippen LogP contribution in [0.3, 0.4) is 0 Å². The summed E-state index contributed by atoms with van der Waals surface area (Å²) in [7, 11) is 0. The van der Waals surface area contributed by atoms with E-state index in [1.165, 1.54) is 12.1 Å². The van der Waals surface area contributed by atoms with Gasteiger partial charge in [0.2, 0.25) is 0 Å². The second-order valence-corrected chi connectivity index (χ2v) is 3.75. The van der Waals surface area contributed by atoms with Gasteiger partial charge in [-0.1, -0.05) is 6.07 Å². The van der Waals surface area contributed by atoms with Crippen LogP contribution in [0, 0.1) is 6.92 Å². The highest BCUT2D eigenvalue weighted by atomic mass is 16.3. The number of phenolic OH excluding ortho intramolecular Hbond substituents is 1. The first kappa shape index (κ1) is 11.3. The highest BCUT2D eigenvalue weighted by molar-refractivity contribution is 5.94. The molecule has 17 heavy (non-hydrogen) atoms. The number of nitrogens with one attached hydrogen (secondary N) is 1. The van der Waals surface area contributed by atoms with Crippen molar-refractivity contribution in [3.05, 3.63) is 53.5 Å². The van der Waals surface area contributed by atoms with E-state index in [0.717, 1.165) is 5.76 Å². The van der Waals surface area contributed by atoms with Crippen molar-refractivity contribution in [2.75, 3.05) is 0 Å². The van der Waals surface area contributed by atoms with Crippen LogP contribution in [0.25, 0.3) is 0 Å². The normalized spacial score (nSPS) is 10.2. The van der Waals surface area contributed by atoms with Crippen LogP contribution < -0.4 is 5.32 Å². The van der Waals surface area contributed by atoms with Gasteiger partial charge >= 0.3 is 0 Å². The maximum Gasteiger partial charge on any atom is 0.251 e. The molecule has 4 nitrogen and oxygen atoms in total. The second kappa shape index (κ2) is 4.74. The molecular weight excluding hydrogens is 218 g/mol. The van der Waals surface area contributed by atoms with Gasteiger partial charge in [-0.15, -0.1) is 0 Å². The standard InChI is InChI=1S/C13H13NO3/c1-9-5-6-12(17-9)8-14-13(16)10-3-2-4-11(15)7-10/h2-7,15H,8H2,1H3,(H,14,16). The summed E-state index contributed by atoms with van der Waals surface area (Å²) in [5.74, 6) is 1.35. The molecule has 1 aromatic heterocycles. The van der Waals surface area contributed by atoms with Gasteiger partial charge in [-0.3, -0.25) is 4.79 Å². The molecule has 0 radical (unpaired) electrons. The van der Waals surface area contributed by atoms with Crippen LogP contribution in [0.1, 0.15) is 21.9 Å². The van der Waals surface area contributed by atoms with Crippen molar-refractivity contribution in [1.82, 2.24) is 5.32 Å². The molecule has 0 saturated carbocycles. The number of amides is 1. The van der Waals surface area contributed by atoms with Gasteiger partial charge in [0, 0.05) is 5.56 Å². The molecule has 0 atom stereocenters. The molecule has 0 spiro atoms. The van der Waals surface area contributed by atoms with E-state index in [4.69, 9.17) is 4.42 Å². The molecule has 88 valence electrons. The van der Waals surface area contributed by atoms with E-state index in [2.05, 4.69) is 5.32 Å². The molecule has 4 heteroatoms. The Balaban J connectivity index is 1.98. The predicted molar refractivity (Wildman–Crippen MR) is 62.7 cm³/mol. The number of carbonyl (C=O) groups is 1. The number of benzene rings is 1. The van der Waals surface area contributed by atoms with E-state index >= 15 is 0 Å². The Kier molecular flexibility index (Phi) is 3.14. The molecule has 1 aromatic carbocycles. The van der Waals surface area contributed by atoms with Crippen molar-refractivity contribution in [3.8, 4) is 5.75 Å². The van der Waals surface area contributed by atoms with E-state index in [9.17, 15) is 9.90 Å². The van der Waals surface area contributed by atoms with Crippen LogP contribution in [-0.4, -0.2) is 11.0 Å². The molecule has 0 saturated heterocycles. The first-order chi connectivity index (χ1) is 8.15. The second-order valence-electron chi connectivity index (χ2n) is 3.75. The topological polar surface area (TPSA) is 62.5 Å². The fourth-order valence-corrected chi connectivity index (χ4v) is 1.50. The highest BCUT2D eigenvalue weighted by Gasteiger charge is 2.06. The number of phenols is 1. The fraction of sp³-hybridized carbons (Fsp3) is 0.154. The Morgan fingerprint density at radius 3 is 2.82 bits per heavy atom. The highest BCUT2D eigenvalue weighted by Crippen LogP contribution is 2.11. The van der Waals surface area contributed by atoms with Gasteiger partial charge in [0.1, 0.15) is 17.3 Å². The molecule has 2 aromatic rings. The zero-order valence-electron chi connectivity index (χ0n) is 9.43. The Morgan fingerprint density at radius 2 is 2.18 bits per heavy atom. The van der Waals surface area contributed by atoms with Gasteiger partial charge in [-0.25, -0.2) is 0 Å². The number of hydrogen-bond acceptors (Lipinski definition) is 3. The summed E-state index contributed by atoms with van der Waals surface area (Å²) in [5.41, 5.74) is 0.424. The van der Waals surface area contributed by atoms with Crippen molar-refractivity contribution in [2.45, 2.75) is 13.5 Å². The number of furan rings is 1. The third-order valence-electron chi connectivity index (χ3n) is 2.33. The van der Waals surface area contributed by atoms with Crippen molar-refractivity contribution in [2.24, 2.45) is 0 Å². The molecule has 0 bridgehead atoms. The first-order valence-electron chi connectivity index (χ1n) is 5.28. The van der Waals surface area contributed by atoms with Crippen LogP contribution in [0.15, 0.2) is 40.8 Å². The van der Waals surface area contributed by atoms with Gasteiger partial charge < -0.3 is 14.8 Å². The summed E-state index contributed by atoms with van der Waals surface area (Å²) in [4.78, 5) is 11.7. The lowest BCUT2D eigenvalue weighted by atomic mass is 10.2. The first-order valence-corrected chi connectivity index (χ1v) is 5.28. The average Bonchev–Trinajstić information content (AvgIpc) is 2.72. The third kappa shape index (κ3) is 2.87. The predicted octanol–water partition coefficient (Wildman–Crippen LogP) is 2.22. The Morgan fingerprint density at radius 1 is 1.35 bits per heavy atom. The molecule has 1 amide bonds. The summed E-state index contributed by atoms with van der Waals surface area (Å²) < 4.78 is 5.33. The molecule has 2 N–H and O–H groups in total. The minimum Gasteiger partial charge on any atom is -0.508 e. The summed E-state index contributed by atoms with van der Waals surface area (Å²) in [6.45, 7) is 2.18. The number of carbonyl (C=O) groups excluding carboxylic acids is 1. The molecule has 0 aliphatic heterocycles. The van der Waals surface area contributed by atoms with E-state index < -0.39 is 0 Å². The molecule has 0 fully saturated rings. The molecule has 1 heterocycles. The molecule has 0 aliphatic carbocycles. The minimum absolute atomic E-state index is 0.0755. The van der Waals surface area contributed by atoms with Gasteiger partial charge in [0.25, 0.3) is 5.91 Å². The van der Waals surface area contributed by atoms with Crippen molar-refractivity contribution in [1.29, 1.82) is 0 Å². The van der Waals surface area contributed by atoms with Gasteiger partial charge in [0.05, 0.1) is 6.54 Å². The zero-order chi connectivity index (χ0) is 12.3. The summed E-state index contributed by atoms with van der Waals surface area (Å²) >= 11 is 0. The number of hydrogen-bond donors (Lipinski definition) is 2. The average molecular weight is 231 g/mol. The van der Waals surface area contributed by atoms with E-state index in [1.54, 1.807) is 12.1 Å². The molecule has 2 rings (SSSR count). The molecule has 0 aliphatic rings. The minimum atomic E-state index is -0.241. The summed E-state index contributed by atoms with van der Waals surface area (Å²) in [6.07, 6.45) is 0.